The zero-order chi connectivity index (χ0) is 13.2. The third-order valence-corrected chi connectivity index (χ3v) is 3.08. The van der Waals surface area contributed by atoms with E-state index < -0.39 is 0 Å². The molecule has 4 nitrogen and oxygen atoms in total. The topological polar surface area (TPSA) is 44.8 Å². The number of carbonyl (C=O) groups excluding carboxylic acids is 1. The molecule has 0 saturated carbocycles. The number of esters is 1. The SMILES string of the molecule is CCCCOCC(OCCCC)[C@@H]1CCC(=O)O1. The minimum absolute atomic E-state index is 0.0974. The molecule has 1 rings (SSSR count). The van der Waals surface area contributed by atoms with Crippen molar-refractivity contribution in [3.05, 3.63) is 0 Å². The molecule has 0 aromatic rings. The van der Waals surface area contributed by atoms with Crippen LogP contribution in [0.25, 0.3) is 0 Å². The van der Waals surface area contributed by atoms with Gasteiger partial charge >= 0.3 is 5.97 Å². The molecule has 0 aliphatic carbocycles. The molecular formula is C14H26O4. The van der Waals surface area contributed by atoms with Crippen molar-refractivity contribution in [2.45, 2.75) is 64.6 Å². The van der Waals surface area contributed by atoms with Crippen molar-refractivity contribution in [2.24, 2.45) is 0 Å². The Kier molecular flexibility index (Phi) is 8.01. The van der Waals surface area contributed by atoms with E-state index in [1.54, 1.807) is 0 Å². The molecule has 0 bridgehead atoms. The molecule has 0 amide bonds. The maximum atomic E-state index is 11.1. The van der Waals surface area contributed by atoms with E-state index in [9.17, 15) is 4.79 Å². The Labute approximate surface area is 110 Å². The van der Waals surface area contributed by atoms with Crippen LogP contribution >= 0.6 is 0 Å². The van der Waals surface area contributed by atoms with E-state index in [1.807, 2.05) is 0 Å². The fourth-order valence-electron chi connectivity index (χ4n) is 1.90. The summed E-state index contributed by atoms with van der Waals surface area (Å²) < 4.78 is 16.7. The van der Waals surface area contributed by atoms with Crippen LogP contribution in [0.1, 0.15) is 52.4 Å². The normalized spacial score (nSPS) is 21.0. The van der Waals surface area contributed by atoms with Crippen LogP contribution < -0.4 is 0 Å². The van der Waals surface area contributed by atoms with Crippen molar-refractivity contribution < 1.29 is 19.0 Å². The van der Waals surface area contributed by atoms with Gasteiger partial charge in [0.05, 0.1) is 6.61 Å². The second-order valence-electron chi connectivity index (χ2n) is 4.76. The van der Waals surface area contributed by atoms with E-state index in [1.165, 1.54) is 0 Å². The number of unbranched alkanes of at least 4 members (excludes halogenated alkanes) is 2. The molecule has 2 atom stereocenters. The Bertz CT molecular complexity index is 230. The van der Waals surface area contributed by atoms with Crippen molar-refractivity contribution in [1.82, 2.24) is 0 Å². The number of cyclic esters (lactones) is 1. The molecule has 4 heteroatoms. The highest BCUT2D eigenvalue weighted by Gasteiger charge is 2.31. The lowest BCUT2D eigenvalue weighted by atomic mass is 10.1. The summed E-state index contributed by atoms with van der Waals surface area (Å²) in [5.41, 5.74) is 0. The molecular weight excluding hydrogens is 232 g/mol. The molecule has 1 aliphatic rings. The van der Waals surface area contributed by atoms with Gasteiger partial charge in [-0.25, -0.2) is 0 Å². The molecule has 1 saturated heterocycles. The van der Waals surface area contributed by atoms with Gasteiger partial charge in [-0.3, -0.25) is 4.79 Å². The lowest BCUT2D eigenvalue weighted by Gasteiger charge is -2.22. The highest BCUT2D eigenvalue weighted by atomic mass is 16.6. The molecule has 0 spiro atoms. The molecule has 1 heterocycles. The minimum atomic E-state index is -0.115. The first-order valence-electron chi connectivity index (χ1n) is 7.16. The standard InChI is InChI=1S/C14H26O4/c1-3-5-9-16-11-13(17-10-6-4-2)12-7-8-14(15)18-12/h12-13H,3-11H2,1-2H3/t12-,13?/m0/s1. The number of ether oxygens (including phenoxy) is 3. The van der Waals surface area contributed by atoms with Crippen LogP contribution in [-0.2, 0) is 19.0 Å². The fourth-order valence-corrected chi connectivity index (χ4v) is 1.90. The summed E-state index contributed by atoms with van der Waals surface area (Å²) in [6.07, 6.45) is 5.38. The van der Waals surface area contributed by atoms with Gasteiger partial charge in [-0.1, -0.05) is 26.7 Å². The summed E-state index contributed by atoms with van der Waals surface area (Å²) in [6, 6.07) is 0. The molecule has 0 radical (unpaired) electrons. The number of hydrogen-bond donors (Lipinski definition) is 0. The number of hydrogen-bond acceptors (Lipinski definition) is 4. The van der Waals surface area contributed by atoms with Crippen LogP contribution in [-0.4, -0.2) is 38.0 Å². The third-order valence-electron chi connectivity index (χ3n) is 3.08. The lowest BCUT2D eigenvalue weighted by molar-refractivity contribution is -0.150. The molecule has 1 unspecified atom stereocenters. The van der Waals surface area contributed by atoms with Crippen molar-refractivity contribution in [2.75, 3.05) is 19.8 Å². The van der Waals surface area contributed by atoms with Gasteiger partial charge in [-0.2, -0.15) is 0 Å². The first kappa shape index (κ1) is 15.4. The van der Waals surface area contributed by atoms with E-state index in [0.717, 1.165) is 38.7 Å². The predicted octanol–water partition coefficient (Wildman–Crippen LogP) is 2.69. The van der Waals surface area contributed by atoms with Gasteiger partial charge < -0.3 is 14.2 Å². The maximum absolute atomic E-state index is 11.1. The van der Waals surface area contributed by atoms with E-state index in [-0.39, 0.29) is 18.2 Å². The maximum Gasteiger partial charge on any atom is 0.306 e. The summed E-state index contributed by atoms with van der Waals surface area (Å²) in [5.74, 6) is -0.113. The molecule has 18 heavy (non-hydrogen) atoms. The molecule has 0 aromatic carbocycles. The Hall–Kier alpha value is -0.610. The summed E-state index contributed by atoms with van der Waals surface area (Å²) >= 11 is 0. The van der Waals surface area contributed by atoms with Crippen LogP contribution in [0.2, 0.25) is 0 Å². The van der Waals surface area contributed by atoms with Gasteiger partial charge in [0, 0.05) is 19.6 Å². The van der Waals surface area contributed by atoms with Crippen LogP contribution in [0.5, 0.6) is 0 Å². The van der Waals surface area contributed by atoms with Gasteiger partial charge in [0.2, 0.25) is 0 Å². The fraction of sp³-hybridized carbons (Fsp3) is 0.929. The van der Waals surface area contributed by atoms with Crippen LogP contribution in [0.4, 0.5) is 0 Å². The lowest BCUT2D eigenvalue weighted by Crippen LogP contribution is -2.34. The molecule has 0 aromatic heterocycles. The summed E-state index contributed by atoms with van der Waals surface area (Å²) in [4.78, 5) is 11.1. The summed E-state index contributed by atoms with van der Waals surface area (Å²) in [7, 11) is 0. The quantitative estimate of drug-likeness (QED) is 0.446. The average molecular weight is 258 g/mol. The third kappa shape index (κ3) is 5.83. The second kappa shape index (κ2) is 9.34. The predicted molar refractivity (Wildman–Crippen MR) is 69.5 cm³/mol. The van der Waals surface area contributed by atoms with Crippen molar-refractivity contribution in [1.29, 1.82) is 0 Å². The number of rotatable bonds is 10. The highest BCUT2D eigenvalue weighted by Crippen LogP contribution is 2.20. The Balaban J connectivity index is 2.29. The molecule has 1 fully saturated rings. The second-order valence-corrected chi connectivity index (χ2v) is 4.76. The van der Waals surface area contributed by atoms with Gasteiger partial charge in [-0.15, -0.1) is 0 Å². The zero-order valence-electron chi connectivity index (χ0n) is 11.7. The van der Waals surface area contributed by atoms with Gasteiger partial charge in [-0.05, 0) is 19.3 Å². The van der Waals surface area contributed by atoms with Crippen molar-refractivity contribution >= 4 is 5.97 Å². The Morgan fingerprint density at radius 2 is 2.00 bits per heavy atom. The first-order chi connectivity index (χ1) is 8.77. The van der Waals surface area contributed by atoms with Gasteiger partial charge in [0.15, 0.2) is 0 Å². The molecule has 106 valence electrons. The minimum Gasteiger partial charge on any atom is -0.459 e. The van der Waals surface area contributed by atoms with Gasteiger partial charge in [0.1, 0.15) is 12.2 Å². The van der Waals surface area contributed by atoms with Crippen molar-refractivity contribution in [3.63, 3.8) is 0 Å². The van der Waals surface area contributed by atoms with Crippen molar-refractivity contribution in [3.8, 4) is 0 Å². The van der Waals surface area contributed by atoms with E-state index >= 15 is 0 Å². The molecule has 0 N–H and O–H groups in total. The first-order valence-corrected chi connectivity index (χ1v) is 7.16. The number of carbonyl (C=O) groups is 1. The zero-order valence-corrected chi connectivity index (χ0v) is 11.7. The van der Waals surface area contributed by atoms with Crippen LogP contribution in [0, 0.1) is 0 Å². The molecule has 1 aliphatic heterocycles. The Morgan fingerprint density at radius 3 is 2.61 bits per heavy atom. The van der Waals surface area contributed by atoms with Gasteiger partial charge in [0.25, 0.3) is 0 Å². The summed E-state index contributed by atoms with van der Waals surface area (Å²) in [5, 5.41) is 0. The highest BCUT2D eigenvalue weighted by molar-refractivity contribution is 5.71. The van der Waals surface area contributed by atoms with Crippen LogP contribution in [0.15, 0.2) is 0 Å². The smallest absolute Gasteiger partial charge is 0.306 e. The van der Waals surface area contributed by atoms with E-state index in [2.05, 4.69) is 13.8 Å². The Morgan fingerprint density at radius 1 is 1.28 bits per heavy atom. The average Bonchev–Trinajstić information content (AvgIpc) is 2.79. The largest absolute Gasteiger partial charge is 0.459 e. The van der Waals surface area contributed by atoms with E-state index in [0.29, 0.717) is 19.6 Å². The van der Waals surface area contributed by atoms with E-state index in [4.69, 9.17) is 14.2 Å². The monoisotopic (exact) mass is 258 g/mol. The summed E-state index contributed by atoms with van der Waals surface area (Å²) in [6.45, 7) is 6.27. The van der Waals surface area contributed by atoms with Crippen LogP contribution in [0.3, 0.4) is 0 Å².